The van der Waals surface area contributed by atoms with Gasteiger partial charge in [0.25, 0.3) is 0 Å². The molecule has 0 saturated carbocycles. The third-order valence-electron chi connectivity index (χ3n) is 2.95. The highest BCUT2D eigenvalue weighted by molar-refractivity contribution is 5.98. The molecule has 4 nitrogen and oxygen atoms in total. The lowest BCUT2D eigenvalue weighted by molar-refractivity contribution is 0.0899. The Morgan fingerprint density at radius 3 is 3.00 bits per heavy atom. The minimum absolute atomic E-state index is 0.140. The minimum Gasteiger partial charge on any atom is -0.316 e. The SMILES string of the molecule is Cc1nn(C)cc1C(=O)C1CCCNC1. The lowest BCUT2D eigenvalue weighted by Gasteiger charge is -2.21. The van der Waals surface area contributed by atoms with Crippen molar-refractivity contribution in [1.29, 1.82) is 0 Å². The maximum Gasteiger partial charge on any atom is 0.170 e. The van der Waals surface area contributed by atoms with E-state index in [1.165, 1.54) is 0 Å². The van der Waals surface area contributed by atoms with Crippen molar-refractivity contribution < 1.29 is 4.79 Å². The topological polar surface area (TPSA) is 46.9 Å². The van der Waals surface area contributed by atoms with Crippen molar-refractivity contribution in [2.75, 3.05) is 13.1 Å². The number of carbonyl (C=O) groups excluding carboxylic acids is 1. The van der Waals surface area contributed by atoms with Gasteiger partial charge in [-0.2, -0.15) is 5.10 Å². The number of nitrogens with zero attached hydrogens (tertiary/aromatic N) is 2. The molecule has 1 unspecified atom stereocenters. The Kier molecular flexibility index (Phi) is 2.86. The van der Waals surface area contributed by atoms with Crippen molar-refractivity contribution >= 4 is 5.78 Å². The van der Waals surface area contributed by atoms with E-state index in [0.717, 1.165) is 37.2 Å². The van der Waals surface area contributed by atoms with Crippen molar-refractivity contribution in [2.45, 2.75) is 19.8 Å². The van der Waals surface area contributed by atoms with Crippen LogP contribution in [0.4, 0.5) is 0 Å². The average Bonchev–Trinajstić information content (AvgIpc) is 2.58. The van der Waals surface area contributed by atoms with E-state index >= 15 is 0 Å². The van der Waals surface area contributed by atoms with Crippen molar-refractivity contribution in [1.82, 2.24) is 15.1 Å². The number of aromatic nitrogens is 2. The number of ketones is 1. The molecule has 2 heterocycles. The molecule has 1 aromatic heterocycles. The van der Waals surface area contributed by atoms with E-state index in [1.54, 1.807) is 4.68 Å². The largest absolute Gasteiger partial charge is 0.316 e. The van der Waals surface area contributed by atoms with Gasteiger partial charge in [-0.1, -0.05) is 0 Å². The standard InChI is InChI=1S/C11H17N3O/c1-8-10(7-14(2)13-8)11(15)9-4-3-5-12-6-9/h7,9,12H,3-6H2,1-2H3. The van der Waals surface area contributed by atoms with Gasteiger partial charge in [-0.25, -0.2) is 0 Å². The van der Waals surface area contributed by atoms with E-state index in [4.69, 9.17) is 0 Å². The molecule has 1 fully saturated rings. The predicted molar refractivity (Wildman–Crippen MR) is 57.9 cm³/mol. The second-order valence-electron chi connectivity index (χ2n) is 4.21. The van der Waals surface area contributed by atoms with Gasteiger partial charge in [-0.05, 0) is 26.3 Å². The first-order chi connectivity index (χ1) is 7.18. The lowest BCUT2D eigenvalue weighted by atomic mass is 9.91. The summed E-state index contributed by atoms with van der Waals surface area (Å²) in [4.78, 5) is 12.1. The molecular formula is C11H17N3O. The van der Waals surface area contributed by atoms with Gasteiger partial charge in [-0.3, -0.25) is 9.48 Å². The number of hydrogen-bond acceptors (Lipinski definition) is 3. The van der Waals surface area contributed by atoms with Crippen LogP contribution in [0.1, 0.15) is 28.9 Å². The van der Waals surface area contributed by atoms with E-state index in [-0.39, 0.29) is 11.7 Å². The predicted octanol–water partition coefficient (Wildman–Crippen LogP) is 0.911. The Bertz CT molecular complexity index is 364. The van der Waals surface area contributed by atoms with Crippen molar-refractivity contribution in [3.63, 3.8) is 0 Å². The molecule has 0 bridgehead atoms. The molecule has 0 aromatic carbocycles. The Balaban J connectivity index is 2.16. The molecule has 1 aliphatic heterocycles. The van der Waals surface area contributed by atoms with Crippen LogP contribution >= 0.6 is 0 Å². The zero-order valence-corrected chi connectivity index (χ0v) is 9.29. The van der Waals surface area contributed by atoms with Gasteiger partial charge in [0.15, 0.2) is 5.78 Å². The van der Waals surface area contributed by atoms with Crippen LogP contribution in [0.5, 0.6) is 0 Å². The van der Waals surface area contributed by atoms with E-state index in [0.29, 0.717) is 0 Å². The summed E-state index contributed by atoms with van der Waals surface area (Å²) in [5, 5.41) is 7.47. The quantitative estimate of drug-likeness (QED) is 0.733. The number of hydrogen-bond donors (Lipinski definition) is 1. The molecule has 0 radical (unpaired) electrons. The smallest absolute Gasteiger partial charge is 0.170 e. The zero-order chi connectivity index (χ0) is 10.8. The Hall–Kier alpha value is -1.16. The molecule has 0 spiro atoms. The normalized spacial score (nSPS) is 21.6. The molecule has 1 aromatic rings. The number of Topliss-reactive ketones (excluding diaryl/α,β-unsaturated/α-hetero) is 1. The van der Waals surface area contributed by atoms with Gasteiger partial charge < -0.3 is 5.32 Å². The number of piperidine rings is 1. The van der Waals surface area contributed by atoms with Crippen LogP contribution in [-0.2, 0) is 7.05 Å². The first-order valence-electron chi connectivity index (χ1n) is 5.43. The van der Waals surface area contributed by atoms with E-state index in [9.17, 15) is 4.79 Å². The number of rotatable bonds is 2. The van der Waals surface area contributed by atoms with Crippen molar-refractivity contribution in [3.8, 4) is 0 Å². The number of carbonyl (C=O) groups is 1. The molecule has 4 heteroatoms. The molecule has 0 aliphatic carbocycles. The molecule has 1 atom stereocenters. The van der Waals surface area contributed by atoms with Gasteiger partial charge >= 0.3 is 0 Å². The van der Waals surface area contributed by atoms with Crippen LogP contribution < -0.4 is 5.32 Å². The van der Waals surface area contributed by atoms with Crippen LogP contribution in [-0.4, -0.2) is 28.7 Å². The van der Waals surface area contributed by atoms with E-state index in [1.807, 2.05) is 20.2 Å². The first-order valence-corrected chi connectivity index (χ1v) is 5.43. The lowest BCUT2D eigenvalue weighted by Crippen LogP contribution is -2.34. The monoisotopic (exact) mass is 207 g/mol. The minimum atomic E-state index is 0.140. The Morgan fingerprint density at radius 2 is 2.47 bits per heavy atom. The van der Waals surface area contributed by atoms with Crippen LogP contribution in [0, 0.1) is 12.8 Å². The first kappa shape index (κ1) is 10.4. The molecule has 1 aliphatic rings. The third-order valence-corrected chi connectivity index (χ3v) is 2.95. The maximum atomic E-state index is 12.1. The van der Waals surface area contributed by atoms with E-state index in [2.05, 4.69) is 10.4 Å². The van der Waals surface area contributed by atoms with Gasteiger partial charge in [-0.15, -0.1) is 0 Å². The summed E-state index contributed by atoms with van der Waals surface area (Å²) in [7, 11) is 1.85. The summed E-state index contributed by atoms with van der Waals surface area (Å²) in [5.74, 6) is 0.384. The maximum absolute atomic E-state index is 12.1. The van der Waals surface area contributed by atoms with Gasteiger partial charge in [0.2, 0.25) is 0 Å². The summed E-state index contributed by atoms with van der Waals surface area (Å²) >= 11 is 0. The van der Waals surface area contributed by atoms with Crippen LogP contribution in [0.2, 0.25) is 0 Å². The zero-order valence-electron chi connectivity index (χ0n) is 9.29. The van der Waals surface area contributed by atoms with Crippen LogP contribution in [0.15, 0.2) is 6.20 Å². The molecule has 2 rings (SSSR count). The third kappa shape index (κ3) is 2.09. The second-order valence-corrected chi connectivity index (χ2v) is 4.21. The average molecular weight is 207 g/mol. The Morgan fingerprint density at radius 1 is 1.67 bits per heavy atom. The van der Waals surface area contributed by atoms with Crippen LogP contribution in [0.3, 0.4) is 0 Å². The van der Waals surface area contributed by atoms with Gasteiger partial charge in [0, 0.05) is 25.7 Å². The van der Waals surface area contributed by atoms with E-state index < -0.39 is 0 Å². The Labute approximate surface area is 89.7 Å². The molecule has 15 heavy (non-hydrogen) atoms. The summed E-state index contributed by atoms with van der Waals surface area (Å²) in [6.07, 6.45) is 3.92. The molecule has 1 saturated heterocycles. The number of aryl methyl sites for hydroxylation is 2. The van der Waals surface area contributed by atoms with Crippen molar-refractivity contribution in [2.24, 2.45) is 13.0 Å². The summed E-state index contributed by atoms with van der Waals surface area (Å²) < 4.78 is 1.71. The van der Waals surface area contributed by atoms with Crippen molar-refractivity contribution in [3.05, 3.63) is 17.5 Å². The molecule has 1 N–H and O–H groups in total. The molecular weight excluding hydrogens is 190 g/mol. The second kappa shape index (κ2) is 4.14. The fourth-order valence-corrected chi connectivity index (χ4v) is 2.14. The van der Waals surface area contributed by atoms with Crippen LogP contribution in [0.25, 0.3) is 0 Å². The number of nitrogens with one attached hydrogen (secondary N) is 1. The summed E-state index contributed by atoms with van der Waals surface area (Å²) in [6, 6.07) is 0. The molecule has 82 valence electrons. The highest BCUT2D eigenvalue weighted by atomic mass is 16.1. The van der Waals surface area contributed by atoms with Gasteiger partial charge in [0.05, 0.1) is 11.3 Å². The fraction of sp³-hybridized carbons (Fsp3) is 0.636. The highest BCUT2D eigenvalue weighted by Gasteiger charge is 2.24. The molecule has 0 amide bonds. The fourth-order valence-electron chi connectivity index (χ4n) is 2.14. The highest BCUT2D eigenvalue weighted by Crippen LogP contribution is 2.18. The summed E-state index contributed by atoms with van der Waals surface area (Å²) in [6.45, 7) is 3.74. The van der Waals surface area contributed by atoms with Gasteiger partial charge in [0.1, 0.15) is 0 Å². The summed E-state index contributed by atoms with van der Waals surface area (Å²) in [5.41, 5.74) is 1.62.